The van der Waals surface area contributed by atoms with Crippen LogP contribution in [-0.4, -0.2) is 17.7 Å². The Kier molecular flexibility index (Phi) is 4.94. The summed E-state index contributed by atoms with van der Waals surface area (Å²) in [4.78, 5) is 2.04. The Morgan fingerprint density at radius 1 is 1.29 bits per heavy atom. The van der Waals surface area contributed by atoms with Crippen LogP contribution >= 0.6 is 0 Å². The van der Waals surface area contributed by atoms with Gasteiger partial charge in [0.25, 0.3) is 0 Å². The molecule has 0 radical (unpaired) electrons. The first-order valence-electron chi connectivity index (χ1n) is 6.21. The van der Waals surface area contributed by atoms with Crippen molar-refractivity contribution >= 4 is 5.69 Å². The fourth-order valence-electron chi connectivity index (χ4n) is 1.91. The van der Waals surface area contributed by atoms with Crippen molar-refractivity contribution in [2.45, 2.75) is 46.3 Å². The molecule has 0 amide bonds. The van der Waals surface area contributed by atoms with Crippen LogP contribution in [-0.2, 0) is 0 Å². The molecule has 0 unspecified atom stereocenters. The van der Waals surface area contributed by atoms with Crippen LogP contribution in [0.2, 0.25) is 0 Å². The number of aliphatic hydroxyl groups is 1. The van der Waals surface area contributed by atoms with Gasteiger partial charge in [-0.1, -0.05) is 13.0 Å². The number of anilines is 1. The number of hydrogen-bond donors (Lipinski definition) is 1. The molecule has 0 saturated carbocycles. The van der Waals surface area contributed by atoms with Gasteiger partial charge in [0.2, 0.25) is 0 Å². The SMILES string of the molecule is CCCN(c1ccc([C@H](C)O)cc1F)C(C)C. The minimum absolute atomic E-state index is 0.259. The van der Waals surface area contributed by atoms with Crippen LogP contribution in [0.4, 0.5) is 10.1 Å². The topological polar surface area (TPSA) is 23.5 Å². The fourth-order valence-corrected chi connectivity index (χ4v) is 1.91. The molecule has 1 rings (SSSR count). The summed E-state index contributed by atoms with van der Waals surface area (Å²) >= 11 is 0. The Hall–Kier alpha value is -1.09. The van der Waals surface area contributed by atoms with Gasteiger partial charge >= 0.3 is 0 Å². The summed E-state index contributed by atoms with van der Waals surface area (Å²) in [6.45, 7) is 8.66. The molecule has 1 N–H and O–H groups in total. The number of benzene rings is 1. The monoisotopic (exact) mass is 239 g/mol. The largest absolute Gasteiger partial charge is 0.389 e. The Bertz CT molecular complexity index is 363. The fraction of sp³-hybridized carbons (Fsp3) is 0.571. The zero-order valence-corrected chi connectivity index (χ0v) is 11.1. The molecule has 0 aliphatic rings. The van der Waals surface area contributed by atoms with Gasteiger partial charge in [-0.15, -0.1) is 0 Å². The lowest BCUT2D eigenvalue weighted by atomic mass is 10.1. The Balaban J connectivity index is 3.04. The molecular weight excluding hydrogens is 217 g/mol. The van der Waals surface area contributed by atoms with E-state index in [1.54, 1.807) is 19.1 Å². The van der Waals surface area contributed by atoms with E-state index in [1.165, 1.54) is 6.07 Å². The van der Waals surface area contributed by atoms with Crippen molar-refractivity contribution in [3.8, 4) is 0 Å². The van der Waals surface area contributed by atoms with Gasteiger partial charge in [-0.25, -0.2) is 4.39 Å². The summed E-state index contributed by atoms with van der Waals surface area (Å²) in [5, 5.41) is 9.41. The van der Waals surface area contributed by atoms with Gasteiger partial charge in [0.15, 0.2) is 0 Å². The lowest BCUT2D eigenvalue weighted by molar-refractivity contribution is 0.199. The van der Waals surface area contributed by atoms with Crippen LogP contribution in [0.5, 0.6) is 0 Å². The number of rotatable bonds is 5. The summed E-state index contributed by atoms with van der Waals surface area (Å²) in [5.41, 5.74) is 1.23. The molecule has 0 heterocycles. The van der Waals surface area contributed by atoms with Crippen LogP contribution in [0.1, 0.15) is 45.8 Å². The lowest BCUT2D eigenvalue weighted by Gasteiger charge is -2.29. The van der Waals surface area contributed by atoms with Crippen LogP contribution in [0.3, 0.4) is 0 Å². The van der Waals surface area contributed by atoms with Gasteiger partial charge in [0, 0.05) is 12.6 Å². The zero-order valence-electron chi connectivity index (χ0n) is 11.1. The predicted molar refractivity (Wildman–Crippen MR) is 69.8 cm³/mol. The molecule has 0 fully saturated rings. The first-order valence-corrected chi connectivity index (χ1v) is 6.21. The molecule has 1 aromatic carbocycles. The third-order valence-electron chi connectivity index (χ3n) is 2.85. The van der Waals surface area contributed by atoms with Crippen molar-refractivity contribution in [1.29, 1.82) is 0 Å². The van der Waals surface area contributed by atoms with Gasteiger partial charge in [-0.2, -0.15) is 0 Å². The second-order valence-corrected chi connectivity index (χ2v) is 4.67. The number of hydrogen-bond acceptors (Lipinski definition) is 2. The summed E-state index contributed by atoms with van der Waals surface area (Å²) in [6.07, 6.45) is 0.354. The van der Waals surface area contributed by atoms with Crippen molar-refractivity contribution in [3.63, 3.8) is 0 Å². The Morgan fingerprint density at radius 2 is 1.94 bits per heavy atom. The lowest BCUT2D eigenvalue weighted by Crippen LogP contribution is -2.32. The molecule has 17 heavy (non-hydrogen) atoms. The van der Waals surface area contributed by atoms with Crippen LogP contribution < -0.4 is 4.90 Å². The molecule has 0 spiro atoms. The van der Waals surface area contributed by atoms with E-state index in [4.69, 9.17) is 0 Å². The van der Waals surface area contributed by atoms with Gasteiger partial charge in [0.1, 0.15) is 5.82 Å². The van der Waals surface area contributed by atoms with Gasteiger partial charge in [0.05, 0.1) is 11.8 Å². The Labute approximate surface area is 103 Å². The maximum atomic E-state index is 14.0. The average molecular weight is 239 g/mol. The van der Waals surface area contributed by atoms with Gasteiger partial charge < -0.3 is 10.0 Å². The standard InChI is InChI=1S/C14H22FNO/c1-5-8-16(10(2)3)14-7-6-12(11(4)17)9-13(14)15/h6-7,9-11,17H,5,8H2,1-4H3/t11-/m0/s1. The minimum Gasteiger partial charge on any atom is -0.389 e. The summed E-state index contributed by atoms with van der Waals surface area (Å²) in [6, 6.07) is 5.23. The quantitative estimate of drug-likeness (QED) is 0.850. The van der Waals surface area contributed by atoms with E-state index in [0.29, 0.717) is 11.3 Å². The molecule has 0 saturated heterocycles. The third-order valence-corrected chi connectivity index (χ3v) is 2.85. The van der Waals surface area contributed by atoms with Crippen molar-refractivity contribution in [3.05, 3.63) is 29.6 Å². The van der Waals surface area contributed by atoms with Crippen LogP contribution in [0, 0.1) is 5.82 Å². The summed E-state index contributed by atoms with van der Waals surface area (Å²) in [7, 11) is 0. The maximum Gasteiger partial charge on any atom is 0.146 e. The zero-order chi connectivity index (χ0) is 13.0. The van der Waals surface area contributed by atoms with E-state index in [-0.39, 0.29) is 11.9 Å². The van der Waals surface area contributed by atoms with Crippen molar-refractivity contribution in [2.24, 2.45) is 0 Å². The van der Waals surface area contributed by atoms with E-state index in [2.05, 4.69) is 20.8 Å². The molecule has 0 aliphatic carbocycles. The second kappa shape index (κ2) is 6.01. The first-order chi connectivity index (χ1) is 7.97. The molecule has 2 nitrogen and oxygen atoms in total. The summed E-state index contributed by atoms with van der Waals surface area (Å²) in [5.74, 6) is -0.259. The molecule has 0 bridgehead atoms. The van der Waals surface area contributed by atoms with Crippen LogP contribution in [0.15, 0.2) is 18.2 Å². The molecule has 1 atom stereocenters. The first kappa shape index (κ1) is 14.0. The molecule has 96 valence electrons. The highest BCUT2D eigenvalue weighted by Gasteiger charge is 2.15. The van der Waals surface area contributed by atoms with E-state index in [1.807, 2.05) is 4.90 Å². The predicted octanol–water partition coefficient (Wildman–Crippen LogP) is 3.50. The molecule has 1 aromatic rings. The molecular formula is C14H22FNO. The maximum absolute atomic E-state index is 14.0. The smallest absolute Gasteiger partial charge is 0.146 e. The van der Waals surface area contributed by atoms with E-state index >= 15 is 0 Å². The van der Waals surface area contributed by atoms with E-state index in [9.17, 15) is 9.50 Å². The van der Waals surface area contributed by atoms with E-state index < -0.39 is 6.10 Å². The summed E-state index contributed by atoms with van der Waals surface area (Å²) < 4.78 is 14.0. The van der Waals surface area contributed by atoms with Gasteiger partial charge in [-0.3, -0.25) is 0 Å². The van der Waals surface area contributed by atoms with Crippen LogP contribution in [0.25, 0.3) is 0 Å². The molecule has 0 aromatic heterocycles. The average Bonchev–Trinajstić information content (AvgIpc) is 2.26. The second-order valence-electron chi connectivity index (χ2n) is 4.67. The molecule has 0 aliphatic heterocycles. The number of halogens is 1. The van der Waals surface area contributed by atoms with Crippen molar-refractivity contribution < 1.29 is 9.50 Å². The van der Waals surface area contributed by atoms with Crippen molar-refractivity contribution in [1.82, 2.24) is 0 Å². The highest BCUT2D eigenvalue weighted by atomic mass is 19.1. The van der Waals surface area contributed by atoms with Gasteiger partial charge in [-0.05, 0) is 44.9 Å². The minimum atomic E-state index is -0.628. The molecule has 3 heteroatoms. The van der Waals surface area contributed by atoms with E-state index in [0.717, 1.165) is 13.0 Å². The highest BCUT2D eigenvalue weighted by Crippen LogP contribution is 2.25. The highest BCUT2D eigenvalue weighted by molar-refractivity contribution is 5.50. The number of aliphatic hydroxyl groups excluding tert-OH is 1. The normalized spacial score (nSPS) is 12.9. The van der Waals surface area contributed by atoms with Crippen molar-refractivity contribution in [2.75, 3.05) is 11.4 Å². The Morgan fingerprint density at radius 3 is 2.35 bits per heavy atom. The number of nitrogens with zero attached hydrogens (tertiary/aromatic N) is 1. The third kappa shape index (κ3) is 3.43.